The fourth-order valence-electron chi connectivity index (χ4n) is 2.40. The van der Waals surface area contributed by atoms with Gasteiger partial charge in [-0.3, -0.25) is 4.90 Å². The van der Waals surface area contributed by atoms with Gasteiger partial charge in [0.25, 0.3) is 0 Å². The molecule has 3 nitrogen and oxygen atoms in total. The van der Waals surface area contributed by atoms with Crippen LogP contribution in [0.2, 0.25) is 0 Å². The van der Waals surface area contributed by atoms with E-state index < -0.39 is 0 Å². The van der Waals surface area contributed by atoms with E-state index in [1.54, 1.807) is 0 Å². The minimum absolute atomic E-state index is 0.214. The Bertz CT molecular complexity index is 403. The molecule has 0 bridgehead atoms. The number of ether oxygens (including phenoxy) is 1. The molecule has 0 aromatic heterocycles. The van der Waals surface area contributed by atoms with Crippen LogP contribution in [0.3, 0.4) is 0 Å². The quantitative estimate of drug-likeness (QED) is 0.901. The number of halogens is 1. The molecular weight excluding hydrogens is 304 g/mol. The van der Waals surface area contributed by atoms with Crippen molar-refractivity contribution in [2.24, 2.45) is 5.73 Å². The predicted octanol–water partition coefficient (Wildman–Crippen LogP) is 2.21. The van der Waals surface area contributed by atoms with Gasteiger partial charge in [0.1, 0.15) is 0 Å². The number of morpholine rings is 1. The standard InChI is InChI=1S/C15H23BrN2O/c1-12(17)10-13-2-3-14(15(16)11-13)4-5-18-6-8-19-9-7-18/h2-3,11-12H,4-10,17H2,1H3. The molecule has 1 saturated heterocycles. The summed E-state index contributed by atoms with van der Waals surface area (Å²) in [6, 6.07) is 6.84. The Labute approximate surface area is 124 Å². The number of rotatable bonds is 5. The number of benzene rings is 1. The fraction of sp³-hybridized carbons (Fsp3) is 0.600. The topological polar surface area (TPSA) is 38.5 Å². The zero-order chi connectivity index (χ0) is 13.7. The largest absolute Gasteiger partial charge is 0.379 e. The van der Waals surface area contributed by atoms with Crippen molar-refractivity contribution in [3.05, 3.63) is 33.8 Å². The molecule has 19 heavy (non-hydrogen) atoms. The summed E-state index contributed by atoms with van der Waals surface area (Å²) < 4.78 is 6.57. The van der Waals surface area contributed by atoms with Crippen LogP contribution in [0.15, 0.2) is 22.7 Å². The van der Waals surface area contributed by atoms with Gasteiger partial charge in [-0.25, -0.2) is 0 Å². The first-order chi connectivity index (χ1) is 9.15. The number of hydrogen-bond acceptors (Lipinski definition) is 3. The van der Waals surface area contributed by atoms with E-state index >= 15 is 0 Å². The summed E-state index contributed by atoms with van der Waals surface area (Å²) in [6.45, 7) is 7.00. The summed E-state index contributed by atoms with van der Waals surface area (Å²) in [6.07, 6.45) is 2.02. The molecule has 4 heteroatoms. The highest BCUT2D eigenvalue weighted by molar-refractivity contribution is 9.10. The molecule has 1 unspecified atom stereocenters. The Balaban J connectivity index is 1.89. The van der Waals surface area contributed by atoms with Crippen molar-refractivity contribution >= 4 is 15.9 Å². The van der Waals surface area contributed by atoms with E-state index in [1.807, 2.05) is 6.92 Å². The molecule has 0 radical (unpaired) electrons. The van der Waals surface area contributed by atoms with E-state index in [2.05, 4.69) is 39.0 Å². The summed E-state index contributed by atoms with van der Waals surface area (Å²) in [5.41, 5.74) is 8.51. The number of hydrogen-bond donors (Lipinski definition) is 1. The minimum Gasteiger partial charge on any atom is -0.379 e. The Hall–Kier alpha value is -0.420. The molecular formula is C15H23BrN2O. The second-order valence-electron chi connectivity index (χ2n) is 5.31. The summed E-state index contributed by atoms with van der Waals surface area (Å²) in [4.78, 5) is 2.46. The van der Waals surface area contributed by atoms with Gasteiger partial charge in [0.2, 0.25) is 0 Å². The highest BCUT2D eigenvalue weighted by Gasteiger charge is 2.11. The molecule has 1 aliphatic heterocycles. The number of nitrogens with two attached hydrogens (primary N) is 1. The Morgan fingerprint density at radius 3 is 2.74 bits per heavy atom. The van der Waals surface area contributed by atoms with Crippen LogP contribution in [-0.2, 0) is 17.6 Å². The molecule has 1 aromatic rings. The smallest absolute Gasteiger partial charge is 0.0594 e. The first-order valence-corrected chi connectivity index (χ1v) is 7.77. The second kappa shape index (κ2) is 7.39. The van der Waals surface area contributed by atoms with Crippen molar-refractivity contribution in [3.63, 3.8) is 0 Å². The lowest BCUT2D eigenvalue weighted by Crippen LogP contribution is -2.37. The monoisotopic (exact) mass is 326 g/mol. The van der Waals surface area contributed by atoms with E-state index in [1.165, 1.54) is 15.6 Å². The fourth-order valence-corrected chi connectivity index (χ4v) is 3.02. The summed E-state index contributed by atoms with van der Waals surface area (Å²) in [5.74, 6) is 0. The molecule has 0 spiro atoms. The average molecular weight is 327 g/mol. The van der Waals surface area contributed by atoms with Crippen LogP contribution in [0.1, 0.15) is 18.1 Å². The van der Waals surface area contributed by atoms with Crippen LogP contribution in [0.25, 0.3) is 0 Å². The molecule has 0 saturated carbocycles. The van der Waals surface area contributed by atoms with Crippen molar-refractivity contribution < 1.29 is 4.74 Å². The lowest BCUT2D eigenvalue weighted by Gasteiger charge is -2.26. The Morgan fingerprint density at radius 2 is 2.11 bits per heavy atom. The Morgan fingerprint density at radius 1 is 1.37 bits per heavy atom. The molecule has 106 valence electrons. The maximum atomic E-state index is 5.83. The van der Waals surface area contributed by atoms with Crippen LogP contribution < -0.4 is 5.73 Å². The third-order valence-corrected chi connectivity index (χ3v) is 4.21. The van der Waals surface area contributed by atoms with Gasteiger partial charge in [0.05, 0.1) is 13.2 Å². The van der Waals surface area contributed by atoms with Gasteiger partial charge in [0, 0.05) is 30.1 Å². The van der Waals surface area contributed by atoms with E-state index in [9.17, 15) is 0 Å². The van der Waals surface area contributed by atoms with Gasteiger partial charge in [-0.15, -0.1) is 0 Å². The van der Waals surface area contributed by atoms with Gasteiger partial charge in [-0.2, -0.15) is 0 Å². The molecule has 0 amide bonds. The third-order valence-electron chi connectivity index (χ3n) is 3.48. The van der Waals surface area contributed by atoms with Crippen LogP contribution in [0.4, 0.5) is 0 Å². The normalized spacial score (nSPS) is 18.5. The molecule has 2 rings (SSSR count). The van der Waals surface area contributed by atoms with Crippen molar-refractivity contribution in [1.82, 2.24) is 4.90 Å². The van der Waals surface area contributed by atoms with E-state index in [-0.39, 0.29) is 6.04 Å². The van der Waals surface area contributed by atoms with Crippen LogP contribution in [-0.4, -0.2) is 43.8 Å². The minimum atomic E-state index is 0.214. The van der Waals surface area contributed by atoms with Gasteiger partial charge >= 0.3 is 0 Å². The van der Waals surface area contributed by atoms with Crippen molar-refractivity contribution in [3.8, 4) is 0 Å². The number of nitrogens with zero attached hydrogens (tertiary/aromatic N) is 1. The highest BCUT2D eigenvalue weighted by atomic mass is 79.9. The van der Waals surface area contributed by atoms with Crippen molar-refractivity contribution in [1.29, 1.82) is 0 Å². The predicted molar refractivity (Wildman–Crippen MR) is 82.5 cm³/mol. The molecule has 1 fully saturated rings. The first-order valence-electron chi connectivity index (χ1n) is 6.98. The summed E-state index contributed by atoms with van der Waals surface area (Å²) >= 11 is 3.68. The highest BCUT2D eigenvalue weighted by Crippen LogP contribution is 2.20. The second-order valence-corrected chi connectivity index (χ2v) is 6.17. The summed E-state index contributed by atoms with van der Waals surface area (Å²) in [7, 11) is 0. The lowest BCUT2D eigenvalue weighted by atomic mass is 10.0. The lowest BCUT2D eigenvalue weighted by molar-refractivity contribution is 0.0384. The van der Waals surface area contributed by atoms with Crippen molar-refractivity contribution in [2.45, 2.75) is 25.8 Å². The van der Waals surface area contributed by atoms with E-state index in [0.29, 0.717) is 0 Å². The average Bonchev–Trinajstić information content (AvgIpc) is 2.38. The maximum absolute atomic E-state index is 5.83. The zero-order valence-corrected chi connectivity index (χ0v) is 13.2. The third kappa shape index (κ3) is 4.88. The van der Waals surface area contributed by atoms with Gasteiger partial charge in [-0.05, 0) is 37.0 Å². The van der Waals surface area contributed by atoms with Gasteiger partial charge < -0.3 is 10.5 Å². The molecule has 1 aliphatic rings. The first kappa shape index (κ1) is 15.0. The van der Waals surface area contributed by atoms with Crippen LogP contribution in [0, 0.1) is 0 Å². The van der Waals surface area contributed by atoms with Crippen molar-refractivity contribution in [2.75, 3.05) is 32.8 Å². The molecule has 1 heterocycles. The SMILES string of the molecule is CC(N)Cc1ccc(CCN2CCOCC2)c(Br)c1. The molecule has 1 atom stereocenters. The van der Waals surface area contributed by atoms with E-state index in [4.69, 9.17) is 10.5 Å². The molecule has 0 aliphatic carbocycles. The maximum Gasteiger partial charge on any atom is 0.0594 e. The Kier molecular flexibility index (Phi) is 5.82. The van der Waals surface area contributed by atoms with Gasteiger partial charge in [-0.1, -0.05) is 28.1 Å². The van der Waals surface area contributed by atoms with Crippen LogP contribution in [0.5, 0.6) is 0 Å². The molecule has 1 aromatic carbocycles. The van der Waals surface area contributed by atoms with Gasteiger partial charge in [0.15, 0.2) is 0 Å². The van der Waals surface area contributed by atoms with E-state index in [0.717, 1.165) is 45.7 Å². The summed E-state index contributed by atoms with van der Waals surface area (Å²) in [5, 5.41) is 0. The van der Waals surface area contributed by atoms with Crippen LogP contribution >= 0.6 is 15.9 Å². The molecule has 2 N–H and O–H groups in total. The zero-order valence-electron chi connectivity index (χ0n) is 11.6.